The number of nitrogens with one attached hydrogen (secondary N) is 1. The van der Waals surface area contributed by atoms with Gasteiger partial charge in [-0.05, 0) is 37.6 Å². The standard InChI is InChI=1S/C20H21ClN4O5S2/c1-12-13(2)31-20-18(12)19(22-11-23-20)30-10-17(26)24-16-9-14(3-4-15(16)21)32(27,28)25-5-7-29-8-6-25/h3-4,9,11H,5-8,10H2,1-2H3,(H,24,26). The summed E-state index contributed by atoms with van der Waals surface area (Å²) in [6.07, 6.45) is 1.39. The molecular formula is C20H21ClN4O5S2. The molecule has 0 spiro atoms. The summed E-state index contributed by atoms with van der Waals surface area (Å²) in [6, 6.07) is 4.20. The number of hydrogen-bond acceptors (Lipinski definition) is 8. The van der Waals surface area contributed by atoms with E-state index in [2.05, 4.69) is 15.3 Å². The number of carbonyl (C=O) groups is 1. The molecule has 0 aliphatic carbocycles. The van der Waals surface area contributed by atoms with Gasteiger partial charge in [-0.3, -0.25) is 4.79 Å². The zero-order valence-corrected chi connectivity index (χ0v) is 19.8. The molecule has 0 radical (unpaired) electrons. The molecule has 9 nitrogen and oxygen atoms in total. The first-order valence-corrected chi connectivity index (χ1v) is 12.4. The van der Waals surface area contributed by atoms with Gasteiger partial charge in [0.15, 0.2) is 6.61 Å². The lowest BCUT2D eigenvalue weighted by Crippen LogP contribution is -2.40. The van der Waals surface area contributed by atoms with Gasteiger partial charge in [-0.15, -0.1) is 11.3 Å². The Morgan fingerprint density at radius 2 is 2.03 bits per heavy atom. The minimum atomic E-state index is -3.72. The van der Waals surface area contributed by atoms with E-state index < -0.39 is 15.9 Å². The van der Waals surface area contributed by atoms with Gasteiger partial charge in [-0.1, -0.05) is 11.6 Å². The second kappa shape index (κ2) is 9.28. The van der Waals surface area contributed by atoms with Crippen molar-refractivity contribution in [1.82, 2.24) is 14.3 Å². The monoisotopic (exact) mass is 496 g/mol. The normalized spacial score (nSPS) is 15.1. The van der Waals surface area contributed by atoms with Gasteiger partial charge in [0, 0.05) is 18.0 Å². The van der Waals surface area contributed by atoms with Crippen molar-refractivity contribution in [2.75, 3.05) is 38.2 Å². The van der Waals surface area contributed by atoms with Crippen LogP contribution in [-0.4, -0.2) is 61.5 Å². The number of amides is 1. The Labute approximate surface area is 194 Å². The van der Waals surface area contributed by atoms with E-state index in [9.17, 15) is 13.2 Å². The molecule has 3 aromatic rings. The fourth-order valence-corrected chi connectivity index (χ4v) is 5.86. The number of morpholine rings is 1. The van der Waals surface area contributed by atoms with Crippen molar-refractivity contribution in [1.29, 1.82) is 0 Å². The maximum Gasteiger partial charge on any atom is 0.262 e. The van der Waals surface area contributed by atoms with Crippen molar-refractivity contribution >= 4 is 54.8 Å². The molecule has 4 rings (SSSR count). The summed E-state index contributed by atoms with van der Waals surface area (Å²) in [7, 11) is -3.72. The summed E-state index contributed by atoms with van der Waals surface area (Å²) >= 11 is 7.72. The Hall–Kier alpha value is -2.31. The summed E-state index contributed by atoms with van der Waals surface area (Å²) in [4.78, 5) is 22.8. The molecule has 2 aromatic heterocycles. The van der Waals surface area contributed by atoms with Gasteiger partial charge in [0.25, 0.3) is 5.91 Å². The molecule has 1 amide bonds. The predicted octanol–water partition coefficient (Wildman–Crippen LogP) is 3.00. The minimum Gasteiger partial charge on any atom is -0.467 e. The van der Waals surface area contributed by atoms with Crippen LogP contribution in [0.25, 0.3) is 10.2 Å². The van der Waals surface area contributed by atoms with Crippen molar-refractivity contribution in [3.63, 3.8) is 0 Å². The van der Waals surface area contributed by atoms with Gasteiger partial charge in [0.05, 0.1) is 34.2 Å². The van der Waals surface area contributed by atoms with Crippen LogP contribution in [0.2, 0.25) is 5.02 Å². The molecule has 1 aliphatic heterocycles. The van der Waals surface area contributed by atoms with Gasteiger partial charge in [0.2, 0.25) is 15.9 Å². The van der Waals surface area contributed by atoms with Crippen LogP contribution in [0.3, 0.4) is 0 Å². The second-order valence-electron chi connectivity index (χ2n) is 7.14. The number of aromatic nitrogens is 2. The van der Waals surface area contributed by atoms with Crippen LogP contribution in [0.15, 0.2) is 29.4 Å². The molecule has 170 valence electrons. The molecule has 1 N–H and O–H groups in total. The lowest BCUT2D eigenvalue weighted by molar-refractivity contribution is -0.118. The smallest absolute Gasteiger partial charge is 0.262 e. The number of sulfonamides is 1. The van der Waals surface area contributed by atoms with Crippen LogP contribution in [0.1, 0.15) is 10.4 Å². The van der Waals surface area contributed by atoms with Gasteiger partial charge in [0.1, 0.15) is 11.2 Å². The summed E-state index contributed by atoms with van der Waals surface area (Å²) in [5.74, 6) is -0.175. The molecule has 0 saturated carbocycles. The quantitative estimate of drug-likeness (QED) is 0.558. The molecule has 0 atom stereocenters. The van der Waals surface area contributed by atoms with E-state index in [-0.39, 0.29) is 35.3 Å². The summed E-state index contributed by atoms with van der Waals surface area (Å²) in [5.41, 5.74) is 1.19. The highest BCUT2D eigenvalue weighted by Gasteiger charge is 2.27. The van der Waals surface area contributed by atoms with Crippen LogP contribution in [-0.2, 0) is 19.6 Å². The molecule has 0 bridgehead atoms. The van der Waals surface area contributed by atoms with Gasteiger partial charge >= 0.3 is 0 Å². The third-order valence-corrected chi connectivity index (χ3v) is 8.43. The van der Waals surface area contributed by atoms with E-state index in [1.165, 1.54) is 40.2 Å². The zero-order valence-electron chi connectivity index (χ0n) is 17.4. The maximum absolute atomic E-state index is 12.9. The van der Waals surface area contributed by atoms with E-state index in [1.807, 2.05) is 13.8 Å². The first-order valence-electron chi connectivity index (χ1n) is 9.78. The molecule has 1 fully saturated rings. The first kappa shape index (κ1) is 22.9. The molecule has 1 saturated heterocycles. The molecule has 12 heteroatoms. The lowest BCUT2D eigenvalue weighted by atomic mass is 10.2. The van der Waals surface area contributed by atoms with Gasteiger partial charge in [-0.2, -0.15) is 4.31 Å². The second-order valence-corrected chi connectivity index (χ2v) is 10.7. The highest BCUT2D eigenvalue weighted by atomic mass is 35.5. The van der Waals surface area contributed by atoms with E-state index in [0.29, 0.717) is 19.1 Å². The number of anilines is 1. The van der Waals surface area contributed by atoms with Gasteiger partial charge in [-0.25, -0.2) is 18.4 Å². The zero-order chi connectivity index (χ0) is 22.9. The van der Waals surface area contributed by atoms with Crippen LogP contribution >= 0.6 is 22.9 Å². The summed E-state index contributed by atoms with van der Waals surface area (Å²) in [6.45, 7) is 4.84. The average molecular weight is 497 g/mol. The van der Waals surface area contributed by atoms with E-state index in [1.54, 1.807) is 0 Å². The van der Waals surface area contributed by atoms with Crippen molar-refractivity contribution in [3.8, 4) is 5.88 Å². The topological polar surface area (TPSA) is 111 Å². The van der Waals surface area contributed by atoms with Crippen molar-refractivity contribution in [2.45, 2.75) is 18.7 Å². The number of ether oxygens (including phenoxy) is 2. The third kappa shape index (κ3) is 4.57. The number of nitrogens with zero attached hydrogens (tertiary/aromatic N) is 3. The lowest BCUT2D eigenvalue weighted by Gasteiger charge is -2.26. The van der Waals surface area contributed by atoms with Crippen LogP contribution in [0.5, 0.6) is 5.88 Å². The molecule has 1 aromatic carbocycles. The highest BCUT2D eigenvalue weighted by Crippen LogP contribution is 2.33. The number of hydrogen-bond donors (Lipinski definition) is 1. The molecule has 3 heterocycles. The van der Waals surface area contributed by atoms with Crippen molar-refractivity contribution in [2.24, 2.45) is 0 Å². The third-order valence-electron chi connectivity index (χ3n) is 5.09. The number of benzene rings is 1. The van der Waals surface area contributed by atoms with Gasteiger partial charge < -0.3 is 14.8 Å². The minimum absolute atomic E-state index is 0.0434. The Morgan fingerprint density at radius 1 is 1.28 bits per heavy atom. The number of rotatable bonds is 6. The van der Waals surface area contributed by atoms with Crippen LogP contribution < -0.4 is 10.1 Å². The highest BCUT2D eigenvalue weighted by molar-refractivity contribution is 7.89. The number of halogens is 1. The molecule has 0 unspecified atom stereocenters. The van der Waals surface area contributed by atoms with Crippen LogP contribution in [0, 0.1) is 13.8 Å². The maximum atomic E-state index is 12.9. The number of thiophene rings is 1. The first-order chi connectivity index (χ1) is 15.3. The Morgan fingerprint density at radius 3 is 2.78 bits per heavy atom. The number of fused-ring (bicyclic) bond motifs is 1. The molecule has 32 heavy (non-hydrogen) atoms. The number of aryl methyl sites for hydroxylation is 2. The van der Waals surface area contributed by atoms with Crippen LogP contribution in [0.4, 0.5) is 5.69 Å². The van der Waals surface area contributed by atoms with E-state index in [4.69, 9.17) is 21.1 Å². The van der Waals surface area contributed by atoms with Crippen molar-refractivity contribution < 1.29 is 22.7 Å². The van der Waals surface area contributed by atoms with E-state index in [0.717, 1.165) is 20.7 Å². The fraction of sp³-hybridized carbons (Fsp3) is 0.350. The largest absolute Gasteiger partial charge is 0.467 e. The SMILES string of the molecule is Cc1sc2ncnc(OCC(=O)Nc3cc(S(=O)(=O)N4CCOCC4)ccc3Cl)c2c1C. The summed E-state index contributed by atoms with van der Waals surface area (Å²) < 4.78 is 38.0. The Balaban J connectivity index is 1.49. The summed E-state index contributed by atoms with van der Waals surface area (Å²) in [5, 5.41) is 3.61. The molecular weight excluding hydrogens is 476 g/mol. The molecule has 1 aliphatic rings. The Kier molecular flexibility index (Phi) is 6.63. The number of carbonyl (C=O) groups excluding carboxylic acids is 1. The van der Waals surface area contributed by atoms with Crippen molar-refractivity contribution in [3.05, 3.63) is 40.0 Å². The fourth-order valence-electron chi connectivity index (χ4n) is 3.28. The predicted molar refractivity (Wildman–Crippen MR) is 122 cm³/mol. The Bertz CT molecular complexity index is 1270. The van der Waals surface area contributed by atoms with E-state index >= 15 is 0 Å². The average Bonchev–Trinajstić information content (AvgIpc) is 3.08.